The highest BCUT2D eigenvalue weighted by atomic mass is 32.1. The zero-order valence-electron chi connectivity index (χ0n) is 15.1. The van der Waals surface area contributed by atoms with Crippen molar-refractivity contribution in [2.75, 3.05) is 7.11 Å². The lowest BCUT2D eigenvalue weighted by Crippen LogP contribution is -2.13. The molecule has 0 unspecified atom stereocenters. The number of aromatic nitrogens is 1. The highest BCUT2D eigenvalue weighted by molar-refractivity contribution is 7.07. The Morgan fingerprint density at radius 2 is 1.93 bits per heavy atom. The van der Waals surface area contributed by atoms with Crippen molar-refractivity contribution < 1.29 is 20.1 Å². The van der Waals surface area contributed by atoms with Crippen molar-refractivity contribution >= 4 is 17.6 Å². The maximum Gasteiger partial charge on any atom is 0.206 e. The van der Waals surface area contributed by atoms with Gasteiger partial charge < -0.3 is 20.1 Å². The van der Waals surface area contributed by atoms with Crippen LogP contribution in [0.25, 0.3) is 11.3 Å². The Bertz CT molecular complexity index is 1110. The molecule has 1 saturated carbocycles. The quantitative estimate of drug-likeness (QED) is 0.575. The van der Waals surface area contributed by atoms with E-state index in [-0.39, 0.29) is 17.2 Å². The lowest BCUT2D eigenvalue weighted by atomic mass is 10.1. The molecule has 1 aliphatic rings. The Hall–Kier alpha value is -3.26. The summed E-state index contributed by atoms with van der Waals surface area (Å²) in [6.07, 6.45) is 3.77. The van der Waals surface area contributed by atoms with Crippen molar-refractivity contribution in [1.29, 1.82) is 0 Å². The van der Waals surface area contributed by atoms with E-state index in [1.165, 1.54) is 30.6 Å². The minimum Gasteiger partial charge on any atom is -0.508 e. The molecule has 8 heteroatoms. The van der Waals surface area contributed by atoms with E-state index in [1.54, 1.807) is 35.2 Å². The molecule has 0 spiro atoms. The number of hydrogen-bond acceptors (Lipinski definition) is 7. The van der Waals surface area contributed by atoms with Crippen molar-refractivity contribution in [2.45, 2.75) is 18.9 Å². The van der Waals surface area contributed by atoms with Gasteiger partial charge in [-0.2, -0.15) is 5.10 Å². The van der Waals surface area contributed by atoms with Crippen molar-refractivity contribution in [3.63, 3.8) is 0 Å². The number of ether oxygens (including phenoxy) is 1. The third-order valence-electron chi connectivity index (χ3n) is 4.31. The first kappa shape index (κ1) is 18.1. The molecule has 0 saturated heterocycles. The van der Waals surface area contributed by atoms with E-state index < -0.39 is 0 Å². The van der Waals surface area contributed by atoms with Gasteiger partial charge in [-0.15, -0.1) is 11.3 Å². The van der Waals surface area contributed by atoms with Gasteiger partial charge in [0.2, 0.25) is 4.80 Å². The van der Waals surface area contributed by atoms with Crippen LogP contribution in [-0.2, 0) is 0 Å². The van der Waals surface area contributed by atoms with E-state index in [0.717, 1.165) is 23.2 Å². The Morgan fingerprint density at radius 1 is 1.11 bits per heavy atom. The second-order valence-electron chi connectivity index (χ2n) is 6.45. The van der Waals surface area contributed by atoms with Crippen LogP contribution >= 0.6 is 11.3 Å². The normalized spacial score (nSPS) is 14.7. The Labute approximate surface area is 165 Å². The summed E-state index contributed by atoms with van der Waals surface area (Å²) in [6, 6.07) is 9.72. The van der Waals surface area contributed by atoms with Gasteiger partial charge in [0.25, 0.3) is 0 Å². The third kappa shape index (κ3) is 3.72. The predicted molar refractivity (Wildman–Crippen MR) is 107 cm³/mol. The van der Waals surface area contributed by atoms with Crippen LogP contribution < -0.4 is 9.54 Å². The molecular weight excluding hydrogens is 378 g/mol. The number of benzene rings is 2. The Morgan fingerprint density at radius 3 is 2.64 bits per heavy atom. The van der Waals surface area contributed by atoms with E-state index in [9.17, 15) is 15.3 Å². The van der Waals surface area contributed by atoms with E-state index in [1.807, 2.05) is 5.38 Å². The third-order valence-corrected chi connectivity index (χ3v) is 5.14. The van der Waals surface area contributed by atoms with E-state index in [4.69, 9.17) is 9.73 Å². The zero-order valence-corrected chi connectivity index (χ0v) is 15.9. The topological polar surface area (TPSA) is 99.6 Å². The second-order valence-corrected chi connectivity index (χ2v) is 7.29. The molecule has 1 aromatic heterocycles. The Kier molecular flexibility index (Phi) is 4.79. The first-order valence-corrected chi connectivity index (χ1v) is 9.61. The lowest BCUT2D eigenvalue weighted by molar-refractivity contribution is 0.373. The van der Waals surface area contributed by atoms with E-state index in [2.05, 4.69) is 5.10 Å². The average molecular weight is 397 g/mol. The lowest BCUT2D eigenvalue weighted by Gasteiger charge is -2.07. The first-order chi connectivity index (χ1) is 13.5. The number of thiazole rings is 1. The molecule has 0 atom stereocenters. The van der Waals surface area contributed by atoms with Gasteiger partial charge in [-0.3, -0.25) is 4.99 Å². The molecular formula is C20H19N3O4S. The monoisotopic (exact) mass is 397 g/mol. The molecule has 0 amide bonds. The van der Waals surface area contributed by atoms with Gasteiger partial charge in [0.1, 0.15) is 11.5 Å². The van der Waals surface area contributed by atoms with Crippen LogP contribution in [0.15, 0.2) is 51.9 Å². The predicted octanol–water partition coefficient (Wildman–Crippen LogP) is 3.29. The van der Waals surface area contributed by atoms with Gasteiger partial charge in [-0.1, -0.05) is 0 Å². The standard InChI is InChI=1S/C20H19N3O4S/c1-27-19-8-12(2-7-17(19)25)10-21-23-16(11-28-20(23)22-13-3-4-13)15-6-5-14(24)9-18(15)26/h2,5-11,13,24-26H,3-4H2,1H3/b21-10-,22-20?. The summed E-state index contributed by atoms with van der Waals surface area (Å²) in [6.45, 7) is 0. The van der Waals surface area contributed by atoms with Crippen LogP contribution in [0.1, 0.15) is 18.4 Å². The number of rotatable bonds is 5. The van der Waals surface area contributed by atoms with Crippen LogP contribution in [0, 0.1) is 0 Å². The molecule has 144 valence electrons. The van der Waals surface area contributed by atoms with E-state index >= 15 is 0 Å². The summed E-state index contributed by atoms with van der Waals surface area (Å²) in [4.78, 5) is 5.42. The fourth-order valence-electron chi connectivity index (χ4n) is 2.68. The summed E-state index contributed by atoms with van der Waals surface area (Å²) in [7, 11) is 1.49. The molecule has 3 aromatic rings. The molecule has 0 radical (unpaired) electrons. The van der Waals surface area contributed by atoms with Gasteiger partial charge in [0.15, 0.2) is 11.5 Å². The van der Waals surface area contributed by atoms with Crippen LogP contribution in [0.3, 0.4) is 0 Å². The minimum absolute atomic E-state index is 0.00869. The molecule has 1 heterocycles. The molecule has 7 nitrogen and oxygen atoms in total. The number of phenolic OH excluding ortho intramolecular Hbond substituents is 3. The molecule has 1 aliphatic carbocycles. The molecule has 1 fully saturated rings. The summed E-state index contributed by atoms with van der Waals surface area (Å²) >= 11 is 1.44. The van der Waals surface area contributed by atoms with Crippen LogP contribution in [0.2, 0.25) is 0 Å². The summed E-state index contributed by atoms with van der Waals surface area (Å²) in [5.74, 6) is 0.372. The number of methoxy groups -OCH3 is 1. The Balaban J connectivity index is 1.79. The number of nitrogens with zero attached hydrogens (tertiary/aromatic N) is 3. The summed E-state index contributed by atoms with van der Waals surface area (Å²) in [5.41, 5.74) is 1.96. The maximum absolute atomic E-state index is 10.3. The highest BCUT2D eigenvalue weighted by Crippen LogP contribution is 2.33. The summed E-state index contributed by atoms with van der Waals surface area (Å²) < 4.78 is 6.81. The maximum atomic E-state index is 10.3. The number of hydrogen-bond donors (Lipinski definition) is 3. The van der Waals surface area contributed by atoms with Gasteiger partial charge in [0, 0.05) is 17.0 Å². The fraction of sp³-hybridized carbons (Fsp3) is 0.200. The summed E-state index contributed by atoms with van der Waals surface area (Å²) in [5, 5.41) is 36.0. The van der Waals surface area contributed by atoms with Gasteiger partial charge in [0.05, 0.1) is 25.1 Å². The largest absolute Gasteiger partial charge is 0.508 e. The zero-order chi connectivity index (χ0) is 19.7. The second kappa shape index (κ2) is 7.40. The van der Waals surface area contributed by atoms with E-state index in [0.29, 0.717) is 23.0 Å². The number of phenols is 3. The van der Waals surface area contributed by atoms with Crippen molar-refractivity contribution in [1.82, 2.24) is 4.68 Å². The molecule has 0 bridgehead atoms. The van der Waals surface area contributed by atoms with Crippen LogP contribution in [0.4, 0.5) is 0 Å². The van der Waals surface area contributed by atoms with Crippen LogP contribution in [0.5, 0.6) is 23.0 Å². The van der Waals surface area contributed by atoms with Gasteiger partial charge in [-0.25, -0.2) is 4.68 Å². The molecule has 4 rings (SSSR count). The SMILES string of the molecule is COc1cc(/C=N\n2c(-c3ccc(O)cc3O)csc2=NC2CC2)ccc1O. The average Bonchev–Trinajstić information content (AvgIpc) is 3.41. The van der Waals surface area contributed by atoms with Crippen molar-refractivity contribution in [2.24, 2.45) is 10.1 Å². The fourth-order valence-corrected chi connectivity index (χ4v) is 3.58. The van der Waals surface area contributed by atoms with Gasteiger partial charge >= 0.3 is 0 Å². The van der Waals surface area contributed by atoms with Gasteiger partial charge in [-0.05, 0) is 48.7 Å². The number of aromatic hydroxyl groups is 3. The van der Waals surface area contributed by atoms with Crippen LogP contribution in [-0.4, -0.2) is 39.4 Å². The van der Waals surface area contributed by atoms with Crippen molar-refractivity contribution in [3.8, 4) is 34.3 Å². The highest BCUT2D eigenvalue weighted by Gasteiger charge is 2.21. The molecule has 28 heavy (non-hydrogen) atoms. The molecule has 3 N–H and O–H groups in total. The first-order valence-electron chi connectivity index (χ1n) is 8.73. The minimum atomic E-state index is -0.0361. The van der Waals surface area contributed by atoms with Crippen molar-refractivity contribution in [3.05, 3.63) is 52.1 Å². The smallest absolute Gasteiger partial charge is 0.206 e. The molecule has 0 aliphatic heterocycles. The molecule has 2 aromatic carbocycles.